The van der Waals surface area contributed by atoms with Crippen molar-refractivity contribution in [2.45, 2.75) is 0 Å². The number of amides is 1. The fourth-order valence-corrected chi connectivity index (χ4v) is 0.952. The molecule has 1 rings (SSSR count). The van der Waals surface area contributed by atoms with Crippen LogP contribution >= 0.6 is 0 Å². The van der Waals surface area contributed by atoms with Gasteiger partial charge in [-0.1, -0.05) is 6.07 Å². The van der Waals surface area contributed by atoms with Gasteiger partial charge in [0, 0.05) is 5.56 Å². The molecule has 0 aromatic heterocycles. The van der Waals surface area contributed by atoms with Crippen molar-refractivity contribution in [1.82, 2.24) is 5.32 Å². The van der Waals surface area contributed by atoms with Crippen molar-refractivity contribution in [3.05, 3.63) is 35.4 Å². The van der Waals surface area contributed by atoms with Crippen LogP contribution in [0.1, 0.15) is 15.9 Å². The van der Waals surface area contributed by atoms with Crippen LogP contribution in [0.25, 0.3) is 0 Å². The highest BCUT2D eigenvalue weighted by Crippen LogP contribution is 2.03. The third-order valence-electron chi connectivity index (χ3n) is 1.58. The summed E-state index contributed by atoms with van der Waals surface area (Å²) in [4.78, 5) is 11.3. The van der Waals surface area contributed by atoms with E-state index in [1.54, 1.807) is 24.3 Å². The molecule has 0 heterocycles. The lowest BCUT2D eigenvalue weighted by Crippen LogP contribution is -2.23. The van der Waals surface area contributed by atoms with E-state index in [1.807, 2.05) is 6.07 Å². The van der Waals surface area contributed by atoms with Crippen LogP contribution in [0.3, 0.4) is 0 Å². The second-order valence-corrected chi connectivity index (χ2v) is 2.53. The average Bonchev–Trinajstić information content (AvgIpc) is 2.26. The maximum atomic E-state index is 11.3. The van der Waals surface area contributed by atoms with E-state index in [0.29, 0.717) is 11.1 Å². The predicted molar refractivity (Wildman–Crippen MR) is 49.1 cm³/mol. The first-order valence-electron chi connectivity index (χ1n) is 3.93. The molecule has 0 radical (unpaired) electrons. The van der Waals surface area contributed by atoms with Crippen molar-refractivity contribution in [1.29, 1.82) is 10.5 Å². The van der Waals surface area contributed by atoms with Crippen molar-refractivity contribution in [2.75, 3.05) is 6.54 Å². The summed E-state index contributed by atoms with van der Waals surface area (Å²) < 4.78 is 0. The van der Waals surface area contributed by atoms with Crippen LogP contribution in [0.2, 0.25) is 0 Å². The van der Waals surface area contributed by atoms with Gasteiger partial charge < -0.3 is 5.32 Å². The summed E-state index contributed by atoms with van der Waals surface area (Å²) >= 11 is 0. The maximum absolute atomic E-state index is 11.3. The summed E-state index contributed by atoms with van der Waals surface area (Å²) in [7, 11) is 0. The summed E-state index contributed by atoms with van der Waals surface area (Å²) in [5.41, 5.74) is 0.814. The highest BCUT2D eigenvalue weighted by atomic mass is 16.1. The Morgan fingerprint density at radius 3 is 2.86 bits per heavy atom. The zero-order valence-corrected chi connectivity index (χ0v) is 7.32. The van der Waals surface area contributed by atoms with E-state index in [-0.39, 0.29) is 12.5 Å². The number of carbonyl (C=O) groups excluding carboxylic acids is 1. The van der Waals surface area contributed by atoms with E-state index >= 15 is 0 Å². The minimum atomic E-state index is -0.344. The first-order valence-corrected chi connectivity index (χ1v) is 3.93. The molecule has 0 atom stereocenters. The van der Waals surface area contributed by atoms with Gasteiger partial charge in [0.15, 0.2) is 0 Å². The summed E-state index contributed by atoms with van der Waals surface area (Å²) in [5, 5.41) is 19.2. The van der Waals surface area contributed by atoms with E-state index in [9.17, 15) is 4.79 Å². The smallest absolute Gasteiger partial charge is 0.252 e. The molecule has 0 aliphatic carbocycles. The number of nitriles is 2. The summed E-state index contributed by atoms with van der Waals surface area (Å²) in [5.74, 6) is -0.344. The van der Waals surface area contributed by atoms with Gasteiger partial charge in [0.2, 0.25) is 0 Å². The monoisotopic (exact) mass is 185 g/mol. The molecule has 1 N–H and O–H groups in total. The average molecular weight is 185 g/mol. The number of nitrogens with zero attached hydrogens (tertiary/aromatic N) is 2. The van der Waals surface area contributed by atoms with Gasteiger partial charge in [-0.15, -0.1) is 0 Å². The molecular weight excluding hydrogens is 178 g/mol. The molecular formula is C10H7N3O. The van der Waals surface area contributed by atoms with Crippen LogP contribution in [0.4, 0.5) is 0 Å². The molecule has 1 aromatic carbocycles. The highest BCUT2D eigenvalue weighted by molar-refractivity contribution is 5.94. The molecule has 0 fully saturated rings. The number of hydrogen-bond donors (Lipinski definition) is 1. The SMILES string of the molecule is N#CCNC(=O)c1cccc(C#N)c1. The fraction of sp³-hybridized carbons (Fsp3) is 0.100. The molecule has 1 amide bonds. The van der Waals surface area contributed by atoms with E-state index in [4.69, 9.17) is 10.5 Å². The van der Waals surface area contributed by atoms with Crippen LogP contribution in [-0.4, -0.2) is 12.5 Å². The maximum Gasteiger partial charge on any atom is 0.252 e. The Kier molecular flexibility index (Phi) is 3.23. The summed E-state index contributed by atoms with van der Waals surface area (Å²) in [6, 6.07) is 10.0. The first kappa shape index (κ1) is 9.76. The molecule has 0 aliphatic rings. The normalized spacial score (nSPS) is 8.43. The minimum Gasteiger partial charge on any atom is -0.339 e. The molecule has 4 heteroatoms. The van der Waals surface area contributed by atoms with Gasteiger partial charge in [-0.2, -0.15) is 10.5 Å². The molecule has 4 nitrogen and oxygen atoms in total. The van der Waals surface area contributed by atoms with E-state index in [2.05, 4.69) is 5.32 Å². The Morgan fingerprint density at radius 2 is 2.21 bits per heavy atom. The van der Waals surface area contributed by atoms with Gasteiger partial charge >= 0.3 is 0 Å². The van der Waals surface area contributed by atoms with Crippen molar-refractivity contribution in [3.8, 4) is 12.1 Å². The van der Waals surface area contributed by atoms with Gasteiger partial charge in [-0.05, 0) is 18.2 Å². The van der Waals surface area contributed by atoms with Gasteiger partial charge in [-0.25, -0.2) is 0 Å². The zero-order valence-electron chi connectivity index (χ0n) is 7.32. The van der Waals surface area contributed by atoms with Crippen molar-refractivity contribution in [3.63, 3.8) is 0 Å². The molecule has 14 heavy (non-hydrogen) atoms. The molecule has 0 saturated carbocycles. The topological polar surface area (TPSA) is 76.7 Å². The number of benzene rings is 1. The van der Waals surface area contributed by atoms with E-state index in [0.717, 1.165) is 0 Å². The summed E-state index contributed by atoms with van der Waals surface area (Å²) in [6.07, 6.45) is 0. The van der Waals surface area contributed by atoms with Gasteiger partial charge in [0.1, 0.15) is 6.54 Å². The Balaban J connectivity index is 2.82. The zero-order chi connectivity index (χ0) is 10.4. The Hall–Kier alpha value is -2.33. The number of rotatable bonds is 2. The van der Waals surface area contributed by atoms with Crippen LogP contribution in [0.15, 0.2) is 24.3 Å². The highest BCUT2D eigenvalue weighted by Gasteiger charge is 2.04. The summed E-state index contributed by atoms with van der Waals surface area (Å²) in [6.45, 7) is -0.0321. The van der Waals surface area contributed by atoms with Gasteiger partial charge in [-0.3, -0.25) is 4.79 Å². The lowest BCUT2D eigenvalue weighted by atomic mass is 10.1. The van der Waals surface area contributed by atoms with Crippen LogP contribution < -0.4 is 5.32 Å². The molecule has 0 bridgehead atoms. The molecule has 0 spiro atoms. The largest absolute Gasteiger partial charge is 0.339 e. The number of nitrogens with one attached hydrogen (secondary N) is 1. The minimum absolute atomic E-state index is 0.0321. The predicted octanol–water partition coefficient (Wildman–Crippen LogP) is 0.812. The third kappa shape index (κ3) is 2.33. The number of hydrogen-bond acceptors (Lipinski definition) is 3. The van der Waals surface area contributed by atoms with Crippen molar-refractivity contribution < 1.29 is 4.79 Å². The molecule has 0 aliphatic heterocycles. The lowest BCUT2D eigenvalue weighted by molar-refractivity contribution is 0.0958. The second kappa shape index (κ2) is 4.64. The van der Waals surface area contributed by atoms with Gasteiger partial charge in [0.25, 0.3) is 5.91 Å². The van der Waals surface area contributed by atoms with Gasteiger partial charge in [0.05, 0.1) is 17.7 Å². The number of carbonyl (C=O) groups is 1. The van der Waals surface area contributed by atoms with Crippen molar-refractivity contribution in [2.24, 2.45) is 0 Å². The van der Waals surface area contributed by atoms with Crippen LogP contribution in [0, 0.1) is 22.7 Å². The lowest BCUT2D eigenvalue weighted by Gasteiger charge is -2.00. The Bertz CT molecular complexity index is 426. The molecule has 68 valence electrons. The van der Waals surface area contributed by atoms with E-state index in [1.165, 1.54) is 6.07 Å². The standard InChI is InChI=1S/C10H7N3O/c11-4-5-13-10(14)9-3-1-2-8(6-9)7-12/h1-3,6H,5H2,(H,13,14). The van der Waals surface area contributed by atoms with Crippen LogP contribution in [-0.2, 0) is 0 Å². The van der Waals surface area contributed by atoms with E-state index < -0.39 is 0 Å². The Morgan fingerprint density at radius 1 is 1.43 bits per heavy atom. The molecule has 0 saturated heterocycles. The second-order valence-electron chi connectivity index (χ2n) is 2.53. The van der Waals surface area contributed by atoms with Crippen LogP contribution in [0.5, 0.6) is 0 Å². The third-order valence-corrected chi connectivity index (χ3v) is 1.58. The first-order chi connectivity index (χ1) is 6.77. The Labute approximate surface area is 81.4 Å². The quantitative estimate of drug-likeness (QED) is 0.692. The van der Waals surface area contributed by atoms with Crippen molar-refractivity contribution >= 4 is 5.91 Å². The molecule has 0 unspecified atom stereocenters. The fourth-order valence-electron chi connectivity index (χ4n) is 0.952. The molecule has 1 aromatic rings.